The van der Waals surface area contributed by atoms with Crippen molar-refractivity contribution < 1.29 is 9.32 Å². The molecule has 0 fully saturated rings. The quantitative estimate of drug-likeness (QED) is 0.943. The van der Waals surface area contributed by atoms with Gasteiger partial charge in [0.15, 0.2) is 0 Å². The number of carbonyl (C=O) groups excluding carboxylic acids is 1. The van der Waals surface area contributed by atoms with Crippen LogP contribution in [0.15, 0.2) is 22.0 Å². The van der Waals surface area contributed by atoms with Gasteiger partial charge in [0.25, 0.3) is 0 Å². The summed E-state index contributed by atoms with van der Waals surface area (Å²) in [5, 5.41) is 8.68. The molecular weight excluding hydrogens is 286 g/mol. The fourth-order valence-electron chi connectivity index (χ4n) is 2.90. The number of aryl methyl sites for hydroxylation is 1. The topological polar surface area (TPSA) is 58.4 Å². The summed E-state index contributed by atoms with van der Waals surface area (Å²) < 4.78 is 5.02. The minimum Gasteiger partial charge on any atom is -0.338 e. The third-order valence-electron chi connectivity index (χ3n) is 3.83. The second-order valence-corrected chi connectivity index (χ2v) is 6.33. The van der Waals surface area contributed by atoms with Crippen LogP contribution in [0, 0.1) is 6.92 Å². The summed E-state index contributed by atoms with van der Waals surface area (Å²) in [4.78, 5) is 15.9. The molecule has 2 aromatic rings. The summed E-state index contributed by atoms with van der Waals surface area (Å²) in [7, 11) is 0. The predicted octanol–water partition coefficient (Wildman–Crippen LogP) is 2.99. The van der Waals surface area contributed by atoms with Gasteiger partial charge in [-0.3, -0.25) is 15.0 Å². The molecule has 1 N–H and O–H groups in total. The standard InChI is InChI=1S/C15H19N3O2S/c1-3-12-11-5-7-21-13(11)4-6-18(12)9-14(19)16-15-8-10(2)17-20-15/h5,7-8,12H,3-4,6,9H2,1-2H3,(H,16,19). The molecule has 1 unspecified atom stereocenters. The molecule has 0 saturated heterocycles. The van der Waals surface area contributed by atoms with Gasteiger partial charge in [0, 0.05) is 23.5 Å². The lowest BCUT2D eigenvalue weighted by molar-refractivity contribution is -0.118. The maximum atomic E-state index is 12.2. The molecule has 0 aliphatic carbocycles. The number of hydrogen-bond donors (Lipinski definition) is 1. The van der Waals surface area contributed by atoms with Crippen molar-refractivity contribution in [3.05, 3.63) is 33.6 Å². The number of rotatable bonds is 4. The zero-order valence-corrected chi connectivity index (χ0v) is 13.1. The molecule has 0 aromatic carbocycles. The van der Waals surface area contributed by atoms with E-state index >= 15 is 0 Å². The molecule has 1 aliphatic heterocycles. The van der Waals surface area contributed by atoms with E-state index in [2.05, 4.69) is 33.7 Å². The predicted molar refractivity (Wildman–Crippen MR) is 82.5 cm³/mol. The van der Waals surface area contributed by atoms with E-state index in [9.17, 15) is 4.79 Å². The van der Waals surface area contributed by atoms with Gasteiger partial charge in [-0.1, -0.05) is 12.1 Å². The van der Waals surface area contributed by atoms with Crippen molar-refractivity contribution in [2.75, 3.05) is 18.4 Å². The third-order valence-corrected chi connectivity index (χ3v) is 4.83. The van der Waals surface area contributed by atoms with Crippen LogP contribution in [-0.4, -0.2) is 29.1 Å². The van der Waals surface area contributed by atoms with Gasteiger partial charge in [-0.05, 0) is 36.8 Å². The zero-order chi connectivity index (χ0) is 14.8. The second-order valence-electron chi connectivity index (χ2n) is 5.32. The number of thiophene rings is 1. The Balaban J connectivity index is 1.66. The first kappa shape index (κ1) is 14.3. The Bertz CT molecular complexity index is 634. The van der Waals surface area contributed by atoms with E-state index in [4.69, 9.17) is 4.52 Å². The lowest BCUT2D eigenvalue weighted by Gasteiger charge is -2.34. The van der Waals surface area contributed by atoms with Crippen molar-refractivity contribution in [1.82, 2.24) is 10.1 Å². The van der Waals surface area contributed by atoms with Gasteiger partial charge in [0.05, 0.1) is 12.2 Å². The van der Waals surface area contributed by atoms with Crippen LogP contribution < -0.4 is 5.32 Å². The molecule has 0 bridgehead atoms. The highest BCUT2D eigenvalue weighted by Gasteiger charge is 2.28. The third kappa shape index (κ3) is 3.01. The highest BCUT2D eigenvalue weighted by Crippen LogP contribution is 2.34. The number of nitrogens with one attached hydrogen (secondary N) is 1. The van der Waals surface area contributed by atoms with E-state index in [-0.39, 0.29) is 5.91 Å². The number of amides is 1. The van der Waals surface area contributed by atoms with E-state index < -0.39 is 0 Å². The normalized spacial score (nSPS) is 18.5. The van der Waals surface area contributed by atoms with Crippen LogP contribution in [0.5, 0.6) is 0 Å². The van der Waals surface area contributed by atoms with Gasteiger partial charge < -0.3 is 4.52 Å². The monoisotopic (exact) mass is 305 g/mol. The molecule has 1 atom stereocenters. The van der Waals surface area contributed by atoms with E-state index in [0.29, 0.717) is 18.5 Å². The van der Waals surface area contributed by atoms with Crippen LogP contribution in [0.3, 0.4) is 0 Å². The molecule has 6 heteroatoms. The van der Waals surface area contributed by atoms with Crippen molar-refractivity contribution in [3.8, 4) is 0 Å². The summed E-state index contributed by atoms with van der Waals surface area (Å²) in [6, 6.07) is 4.25. The summed E-state index contributed by atoms with van der Waals surface area (Å²) in [6.45, 7) is 5.31. The van der Waals surface area contributed by atoms with Gasteiger partial charge in [-0.15, -0.1) is 11.3 Å². The van der Waals surface area contributed by atoms with Crippen LogP contribution in [0.4, 0.5) is 5.88 Å². The first-order valence-electron chi connectivity index (χ1n) is 7.21. The molecule has 21 heavy (non-hydrogen) atoms. The van der Waals surface area contributed by atoms with Gasteiger partial charge in [-0.2, -0.15) is 0 Å². The average molecular weight is 305 g/mol. The Labute approximate surface area is 127 Å². The minimum atomic E-state index is -0.0525. The summed E-state index contributed by atoms with van der Waals surface area (Å²) in [5.41, 5.74) is 2.15. The number of aromatic nitrogens is 1. The molecule has 3 rings (SSSR count). The first-order chi connectivity index (χ1) is 10.2. The van der Waals surface area contributed by atoms with Gasteiger partial charge >= 0.3 is 0 Å². The van der Waals surface area contributed by atoms with Crippen molar-refractivity contribution in [2.24, 2.45) is 0 Å². The fourth-order valence-corrected chi connectivity index (χ4v) is 3.83. The number of nitrogens with zero attached hydrogens (tertiary/aromatic N) is 2. The van der Waals surface area contributed by atoms with Crippen molar-refractivity contribution >= 4 is 23.1 Å². The first-order valence-corrected chi connectivity index (χ1v) is 8.09. The Morgan fingerprint density at radius 2 is 2.48 bits per heavy atom. The van der Waals surface area contributed by atoms with E-state index in [1.807, 2.05) is 18.3 Å². The van der Waals surface area contributed by atoms with Crippen LogP contribution in [-0.2, 0) is 11.2 Å². The molecule has 2 aromatic heterocycles. The number of fused-ring (bicyclic) bond motifs is 1. The second kappa shape index (κ2) is 5.99. The molecule has 1 aliphatic rings. The molecule has 0 saturated carbocycles. The molecular formula is C15H19N3O2S. The number of anilines is 1. The van der Waals surface area contributed by atoms with Crippen LogP contribution in [0.1, 0.15) is 35.5 Å². The lowest BCUT2D eigenvalue weighted by atomic mass is 9.98. The van der Waals surface area contributed by atoms with E-state index in [1.165, 1.54) is 10.4 Å². The number of hydrogen-bond acceptors (Lipinski definition) is 5. The molecule has 1 amide bonds. The maximum Gasteiger partial charge on any atom is 0.240 e. The molecule has 3 heterocycles. The SMILES string of the molecule is CCC1c2ccsc2CCN1CC(=O)Nc1cc(C)no1. The van der Waals surface area contributed by atoms with Crippen LogP contribution in [0.25, 0.3) is 0 Å². The van der Waals surface area contributed by atoms with Crippen molar-refractivity contribution in [3.63, 3.8) is 0 Å². The van der Waals surface area contributed by atoms with E-state index in [0.717, 1.165) is 25.1 Å². The summed E-state index contributed by atoms with van der Waals surface area (Å²) in [5.74, 6) is 0.363. The van der Waals surface area contributed by atoms with Gasteiger partial charge in [0.2, 0.25) is 11.8 Å². The van der Waals surface area contributed by atoms with Gasteiger partial charge in [0.1, 0.15) is 0 Å². The molecule has 0 radical (unpaired) electrons. The van der Waals surface area contributed by atoms with Crippen LogP contribution >= 0.6 is 11.3 Å². The Kier molecular flexibility index (Phi) is 4.07. The Morgan fingerprint density at radius 3 is 3.19 bits per heavy atom. The van der Waals surface area contributed by atoms with Crippen molar-refractivity contribution in [2.45, 2.75) is 32.7 Å². The van der Waals surface area contributed by atoms with Crippen molar-refractivity contribution in [1.29, 1.82) is 0 Å². The molecule has 0 spiro atoms. The molecule has 112 valence electrons. The number of carbonyl (C=O) groups is 1. The smallest absolute Gasteiger partial charge is 0.240 e. The average Bonchev–Trinajstić information content (AvgIpc) is 3.07. The minimum absolute atomic E-state index is 0.0525. The van der Waals surface area contributed by atoms with Gasteiger partial charge in [-0.25, -0.2) is 0 Å². The highest BCUT2D eigenvalue weighted by atomic mass is 32.1. The lowest BCUT2D eigenvalue weighted by Crippen LogP contribution is -2.39. The largest absolute Gasteiger partial charge is 0.338 e. The zero-order valence-electron chi connectivity index (χ0n) is 12.3. The maximum absolute atomic E-state index is 12.2. The summed E-state index contributed by atoms with van der Waals surface area (Å²) in [6.07, 6.45) is 2.04. The molecule has 5 nitrogen and oxygen atoms in total. The Hall–Kier alpha value is -1.66. The summed E-state index contributed by atoms with van der Waals surface area (Å²) >= 11 is 1.82. The fraction of sp³-hybridized carbons (Fsp3) is 0.467. The van der Waals surface area contributed by atoms with E-state index in [1.54, 1.807) is 6.07 Å². The van der Waals surface area contributed by atoms with Crippen LogP contribution in [0.2, 0.25) is 0 Å². The highest BCUT2D eigenvalue weighted by molar-refractivity contribution is 7.10. The Morgan fingerprint density at radius 1 is 1.62 bits per heavy atom.